The maximum Gasteiger partial charge on any atom is 0.236 e. The highest BCUT2D eigenvalue weighted by molar-refractivity contribution is 7.13. The van der Waals surface area contributed by atoms with E-state index in [4.69, 9.17) is 4.42 Å². The summed E-state index contributed by atoms with van der Waals surface area (Å²) in [6.45, 7) is 3.44. The van der Waals surface area contributed by atoms with Gasteiger partial charge in [-0.25, -0.2) is 4.98 Å². The molecule has 0 radical (unpaired) electrons. The Bertz CT molecular complexity index is 773. The lowest BCUT2D eigenvalue weighted by Crippen LogP contribution is -2.19. The van der Waals surface area contributed by atoms with Crippen LogP contribution >= 0.6 is 11.3 Å². The molecule has 0 amide bonds. The molecule has 0 unspecified atom stereocenters. The van der Waals surface area contributed by atoms with Crippen molar-refractivity contribution in [2.24, 2.45) is 7.05 Å². The van der Waals surface area contributed by atoms with E-state index >= 15 is 0 Å². The van der Waals surface area contributed by atoms with Gasteiger partial charge in [-0.15, -0.1) is 11.3 Å². The molecule has 0 aliphatic rings. The third-order valence-corrected chi connectivity index (χ3v) is 4.49. The molecule has 1 N–H and O–H groups in total. The Morgan fingerprint density at radius 3 is 2.87 bits per heavy atom. The molecule has 3 aromatic rings. The van der Waals surface area contributed by atoms with Crippen molar-refractivity contribution in [1.29, 1.82) is 0 Å². The minimum absolute atomic E-state index is 0.663. The zero-order chi connectivity index (χ0) is 16.4. The van der Waals surface area contributed by atoms with Gasteiger partial charge in [-0.1, -0.05) is 6.07 Å². The quantitative estimate of drug-likeness (QED) is 0.753. The molecule has 0 aromatic carbocycles. The molecule has 0 saturated heterocycles. The molecule has 0 atom stereocenters. The van der Waals surface area contributed by atoms with Crippen LogP contribution in [0.1, 0.15) is 17.0 Å². The summed E-state index contributed by atoms with van der Waals surface area (Å²) in [6, 6.07) is 4.01. The van der Waals surface area contributed by atoms with Crippen LogP contribution in [0.2, 0.25) is 0 Å². The van der Waals surface area contributed by atoms with Gasteiger partial charge in [0.2, 0.25) is 5.89 Å². The molecule has 23 heavy (non-hydrogen) atoms. The first kappa shape index (κ1) is 15.8. The highest BCUT2D eigenvalue weighted by atomic mass is 32.1. The Labute approximate surface area is 139 Å². The van der Waals surface area contributed by atoms with Crippen molar-refractivity contribution in [3.63, 3.8) is 0 Å². The third kappa shape index (κ3) is 3.30. The minimum atomic E-state index is 0.663. The number of oxazole rings is 1. The minimum Gasteiger partial charge on any atom is -0.444 e. The smallest absolute Gasteiger partial charge is 0.236 e. The molecule has 0 aliphatic heterocycles. The van der Waals surface area contributed by atoms with Gasteiger partial charge in [-0.3, -0.25) is 4.68 Å². The number of anilines is 1. The fourth-order valence-corrected chi connectivity index (χ4v) is 3.33. The van der Waals surface area contributed by atoms with Gasteiger partial charge in [-0.2, -0.15) is 5.10 Å². The Morgan fingerprint density at radius 1 is 1.35 bits per heavy atom. The fourth-order valence-electron chi connectivity index (χ4n) is 2.67. The van der Waals surface area contributed by atoms with Crippen LogP contribution in [0.15, 0.2) is 28.2 Å². The van der Waals surface area contributed by atoms with Gasteiger partial charge >= 0.3 is 0 Å². The monoisotopic (exact) mass is 331 g/mol. The van der Waals surface area contributed by atoms with Crippen molar-refractivity contribution in [2.45, 2.75) is 20.0 Å². The van der Waals surface area contributed by atoms with E-state index in [0.29, 0.717) is 12.4 Å². The summed E-state index contributed by atoms with van der Waals surface area (Å²) in [4.78, 5) is 7.65. The van der Waals surface area contributed by atoms with Crippen molar-refractivity contribution in [2.75, 3.05) is 19.0 Å². The Balaban J connectivity index is 1.64. The summed E-state index contributed by atoms with van der Waals surface area (Å²) in [6.07, 6.45) is 1.71. The van der Waals surface area contributed by atoms with Gasteiger partial charge in [-0.05, 0) is 18.4 Å². The van der Waals surface area contributed by atoms with Crippen LogP contribution in [-0.4, -0.2) is 28.9 Å². The zero-order valence-electron chi connectivity index (χ0n) is 13.8. The predicted octanol–water partition coefficient (Wildman–Crippen LogP) is 2.80. The van der Waals surface area contributed by atoms with Crippen LogP contribution in [0.5, 0.6) is 0 Å². The molecule has 122 valence electrons. The van der Waals surface area contributed by atoms with Crippen molar-refractivity contribution >= 4 is 17.2 Å². The fraction of sp³-hybridized carbons (Fsp3) is 0.375. The lowest BCUT2D eigenvalue weighted by molar-refractivity contribution is 0.571. The number of nitrogens with one attached hydrogen (secondary N) is 1. The Kier molecular flexibility index (Phi) is 4.49. The number of nitrogens with zero attached hydrogens (tertiary/aromatic N) is 4. The zero-order valence-corrected chi connectivity index (χ0v) is 14.6. The van der Waals surface area contributed by atoms with Crippen LogP contribution in [0, 0.1) is 6.92 Å². The van der Waals surface area contributed by atoms with Gasteiger partial charge in [0.05, 0.1) is 16.3 Å². The van der Waals surface area contributed by atoms with E-state index in [1.807, 2.05) is 50.3 Å². The molecule has 0 bridgehead atoms. The molecule has 0 aliphatic carbocycles. The van der Waals surface area contributed by atoms with Gasteiger partial charge in [0.25, 0.3) is 0 Å². The second-order valence-corrected chi connectivity index (χ2v) is 6.58. The van der Waals surface area contributed by atoms with E-state index in [1.54, 1.807) is 17.6 Å². The number of aryl methyl sites for hydroxylation is 2. The van der Waals surface area contributed by atoms with Crippen molar-refractivity contribution in [3.05, 3.63) is 40.7 Å². The van der Waals surface area contributed by atoms with Crippen LogP contribution in [-0.2, 0) is 20.1 Å². The second-order valence-electron chi connectivity index (χ2n) is 5.63. The largest absolute Gasteiger partial charge is 0.444 e. The first-order valence-corrected chi connectivity index (χ1v) is 8.33. The first-order chi connectivity index (χ1) is 11.1. The third-order valence-electron chi connectivity index (χ3n) is 3.63. The average molecular weight is 331 g/mol. The summed E-state index contributed by atoms with van der Waals surface area (Å²) in [5.41, 5.74) is 3.16. The highest BCUT2D eigenvalue weighted by Gasteiger charge is 2.15. The van der Waals surface area contributed by atoms with Crippen LogP contribution in [0.3, 0.4) is 0 Å². The Hall–Kier alpha value is -2.12. The van der Waals surface area contributed by atoms with E-state index in [0.717, 1.165) is 28.6 Å². The number of hydrogen-bond acceptors (Lipinski definition) is 6. The van der Waals surface area contributed by atoms with Crippen molar-refractivity contribution in [3.8, 4) is 10.8 Å². The van der Waals surface area contributed by atoms with Gasteiger partial charge in [0.15, 0.2) is 0 Å². The molecule has 7 heteroatoms. The average Bonchev–Trinajstić information content (AvgIpc) is 3.20. The number of rotatable bonds is 6. The summed E-state index contributed by atoms with van der Waals surface area (Å²) < 4.78 is 7.45. The van der Waals surface area contributed by atoms with E-state index < -0.39 is 0 Å². The molecule has 3 rings (SSSR count). The van der Waals surface area contributed by atoms with Crippen LogP contribution < -0.4 is 10.2 Å². The summed E-state index contributed by atoms with van der Waals surface area (Å²) in [5.74, 6) is 1.80. The summed E-state index contributed by atoms with van der Waals surface area (Å²) in [5, 5.41) is 9.94. The maximum atomic E-state index is 5.54. The van der Waals surface area contributed by atoms with E-state index in [2.05, 4.69) is 20.3 Å². The molecular weight excluding hydrogens is 310 g/mol. The van der Waals surface area contributed by atoms with Gasteiger partial charge in [0, 0.05) is 39.8 Å². The number of thiophene rings is 1. The Morgan fingerprint density at radius 2 is 2.17 bits per heavy atom. The number of aromatic nitrogens is 3. The van der Waals surface area contributed by atoms with Crippen molar-refractivity contribution in [1.82, 2.24) is 20.1 Å². The molecule has 3 aromatic heterocycles. The number of hydrogen-bond donors (Lipinski definition) is 1. The van der Waals surface area contributed by atoms with E-state index in [9.17, 15) is 0 Å². The van der Waals surface area contributed by atoms with Gasteiger partial charge < -0.3 is 14.6 Å². The maximum absolute atomic E-state index is 5.54. The standard InChI is InChI=1S/C16H21N5OS/c1-11-13(16(20(2)3)21(4)19-11)9-17-8-12-10-22-15(18-12)14-6-5-7-23-14/h5-7,10,17H,8-9H2,1-4H3. The first-order valence-electron chi connectivity index (χ1n) is 7.45. The molecule has 6 nitrogen and oxygen atoms in total. The lowest BCUT2D eigenvalue weighted by Gasteiger charge is -2.15. The second kappa shape index (κ2) is 6.55. The summed E-state index contributed by atoms with van der Waals surface area (Å²) in [7, 11) is 6.03. The highest BCUT2D eigenvalue weighted by Crippen LogP contribution is 2.24. The molecular formula is C16H21N5OS. The summed E-state index contributed by atoms with van der Waals surface area (Å²) >= 11 is 1.63. The molecule has 3 heterocycles. The van der Waals surface area contributed by atoms with E-state index in [-0.39, 0.29) is 0 Å². The molecule has 0 saturated carbocycles. The van der Waals surface area contributed by atoms with Gasteiger partial charge in [0.1, 0.15) is 12.1 Å². The molecule has 0 fully saturated rings. The normalized spacial score (nSPS) is 11.1. The molecule has 0 spiro atoms. The van der Waals surface area contributed by atoms with Crippen molar-refractivity contribution < 1.29 is 4.42 Å². The van der Waals surface area contributed by atoms with Crippen LogP contribution in [0.25, 0.3) is 10.8 Å². The SMILES string of the molecule is Cc1nn(C)c(N(C)C)c1CNCc1coc(-c2cccs2)n1. The topological polar surface area (TPSA) is 59.1 Å². The van der Waals surface area contributed by atoms with E-state index in [1.165, 1.54) is 5.56 Å². The lowest BCUT2D eigenvalue weighted by atomic mass is 10.2. The van der Waals surface area contributed by atoms with Crippen LogP contribution in [0.4, 0.5) is 5.82 Å². The predicted molar refractivity (Wildman–Crippen MR) is 92.6 cm³/mol.